The van der Waals surface area contributed by atoms with E-state index in [9.17, 15) is 0 Å². The fourth-order valence-corrected chi connectivity index (χ4v) is 4.70. The molecule has 0 saturated carbocycles. The Morgan fingerprint density at radius 1 is 0.487 bits per heavy atom. The van der Waals surface area contributed by atoms with Gasteiger partial charge in [-0.2, -0.15) is 0 Å². The Morgan fingerprint density at radius 2 is 0.897 bits per heavy atom. The fraction of sp³-hybridized carbons (Fsp3) is 0.294. The maximum atomic E-state index is 6.58. The van der Waals surface area contributed by atoms with E-state index >= 15 is 0 Å². The van der Waals surface area contributed by atoms with E-state index in [0.29, 0.717) is 39.6 Å². The molecule has 0 spiro atoms. The average Bonchev–Trinajstić information content (AvgIpc) is 3.00. The van der Waals surface area contributed by atoms with E-state index in [1.807, 2.05) is 72.8 Å². The molecule has 0 aromatic heterocycles. The van der Waals surface area contributed by atoms with Crippen molar-refractivity contribution in [1.82, 2.24) is 0 Å². The zero-order chi connectivity index (χ0) is 26.5. The lowest BCUT2D eigenvalue weighted by Gasteiger charge is -2.42. The van der Waals surface area contributed by atoms with Crippen molar-refractivity contribution < 1.29 is 23.7 Å². The molecule has 0 radical (unpaired) electrons. The topological polar surface area (TPSA) is 46.2 Å². The molecule has 1 saturated heterocycles. The Balaban J connectivity index is 1.32. The van der Waals surface area contributed by atoms with Crippen molar-refractivity contribution in [1.29, 1.82) is 0 Å². The summed E-state index contributed by atoms with van der Waals surface area (Å²) >= 11 is 0. The Labute approximate surface area is 231 Å². The minimum absolute atomic E-state index is 0.292. The number of hydrogen-bond donors (Lipinski definition) is 0. The first kappa shape index (κ1) is 27.3. The van der Waals surface area contributed by atoms with Gasteiger partial charge in [0.05, 0.1) is 39.6 Å². The Kier molecular flexibility index (Phi) is 10.3. The van der Waals surface area contributed by atoms with E-state index in [4.69, 9.17) is 23.7 Å². The van der Waals surface area contributed by atoms with E-state index in [1.165, 1.54) is 0 Å². The third-order valence-electron chi connectivity index (χ3n) is 6.80. The molecule has 1 fully saturated rings. The van der Waals surface area contributed by atoms with Gasteiger partial charge in [-0.25, -0.2) is 0 Å². The first-order chi connectivity index (χ1) is 19.3. The lowest BCUT2D eigenvalue weighted by atomic mass is 9.99. The van der Waals surface area contributed by atoms with Gasteiger partial charge in [0, 0.05) is 0 Å². The molecule has 202 valence electrons. The number of benzene rings is 4. The third kappa shape index (κ3) is 8.33. The van der Waals surface area contributed by atoms with Crippen LogP contribution in [0.15, 0.2) is 121 Å². The van der Waals surface area contributed by atoms with Crippen LogP contribution in [-0.2, 0) is 50.1 Å². The highest BCUT2D eigenvalue weighted by atomic mass is 16.6. The summed E-state index contributed by atoms with van der Waals surface area (Å²) in [5.74, 6) is 0. The molecule has 4 aromatic rings. The summed E-state index contributed by atoms with van der Waals surface area (Å²) in [4.78, 5) is 0. The molecule has 5 rings (SSSR count). The maximum Gasteiger partial charge on any atom is 0.115 e. The standard InChI is InChI=1S/C34H36O5/c1-5-13-27(14-6-1)21-35-25-31-33(38-23-29-17-9-3-10-18-29)34(39-24-30-19-11-4-12-20-30)32(26-37-31)36-22-28-15-7-2-8-16-28/h1-20,31-34H,21-26H2/t31-,32-,33?,34-/m1/s1. The van der Waals surface area contributed by atoms with Crippen molar-refractivity contribution in [2.45, 2.75) is 50.8 Å². The summed E-state index contributed by atoms with van der Waals surface area (Å²) in [6.07, 6.45) is -1.30. The summed E-state index contributed by atoms with van der Waals surface area (Å²) in [6.45, 7) is 2.68. The monoisotopic (exact) mass is 524 g/mol. The van der Waals surface area contributed by atoms with Crippen molar-refractivity contribution in [2.75, 3.05) is 13.2 Å². The summed E-state index contributed by atoms with van der Waals surface area (Å²) in [5, 5.41) is 0. The molecule has 5 heteroatoms. The molecule has 4 atom stereocenters. The van der Waals surface area contributed by atoms with Crippen LogP contribution in [0.3, 0.4) is 0 Å². The largest absolute Gasteiger partial charge is 0.374 e. The number of rotatable bonds is 13. The van der Waals surface area contributed by atoms with Crippen molar-refractivity contribution in [3.8, 4) is 0 Å². The molecule has 1 aliphatic heterocycles. The van der Waals surface area contributed by atoms with Gasteiger partial charge in [0.15, 0.2) is 0 Å². The molecule has 0 bridgehead atoms. The lowest BCUT2D eigenvalue weighted by Crippen LogP contribution is -2.57. The van der Waals surface area contributed by atoms with Crippen LogP contribution in [-0.4, -0.2) is 37.6 Å². The zero-order valence-corrected chi connectivity index (χ0v) is 22.1. The van der Waals surface area contributed by atoms with Crippen molar-refractivity contribution in [3.05, 3.63) is 144 Å². The molecule has 1 unspecified atom stereocenters. The van der Waals surface area contributed by atoms with Gasteiger partial charge in [-0.1, -0.05) is 121 Å². The smallest absolute Gasteiger partial charge is 0.115 e. The van der Waals surface area contributed by atoms with E-state index < -0.39 is 0 Å². The van der Waals surface area contributed by atoms with Crippen molar-refractivity contribution >= 4 is 0 Å². The van der Waals surface area contributed by atoms with Crippen LogP contribution in [0.4, 0.5) is 0 Å². The molecule has 5 nitrogen and oxygen atoms in total. The summed E-state index contributed by atoms with van der Waals surface area (Å²) in [6, 6.07) is 40.7. The van der Waals surface area contributed by atoms with Gasteiger partial charge in [-0.15, -0.1) is 0 Å². The Bertz CT molecular complexity index is 1200. The second-order valence-electron chi connectivity index (χ2n) is 9.73. The Hall–Kier alpha value is -3.32. The third-order valence-corrected chi connectivity index (χ3v) is 6.80. The molecular formula is C34H36O5. The molecule has 4 aromatic carbocycles. The van der Waals surface area contributed by atoms with Crippen molar-refractivity contribution in [2.24, 2.45) is 0 Å². The Morgan fingerprint density at radius 3 is 1.38 bits per heavy atom. The van der Waals surface area contributed by atoms with Crippen LogP contribution >= 0.6 is 0 Å². The highest BCUT2D eigenvalue weighted by Gasteiger charge is 2.43. The van der Waals surface area contributed by atoms with Gasteiger partial charge in [0.1, 0.15) is 24.4 Å². The second kappa shape index (κ2) is 14.7. The molecule has 0 aliphatic carbocycles. The van der Waals surface area contributed by atoms with Crippen LogP contribution < -0.4 is 0 Å². The van der Waals surface area contributed by atoms with Crippen LogP contribution in [0.1, 0.15) is 22.3 Å². The summed E-state index contributed by atoms with van der Waals surface area (Å²) in [5.41, 5.74) is 4.42. The molecule has 39 heavy (non-hydrogen) atoms. The minimum Gasteiger partial charge on any atom is -0.374 e. The first-order valence-electron chi connectivity index (χ1n) is 13.5. The van der Waals surface area contributed by atoms with Crippen LogP contribution in [0, 0.1) is 0 Å². The van der Waals surface area contributed by atoms with Gasteiger partial charge in [-0.3, -0.25) is 0 Å². The van der Waals surface area contributed by atoms with E-state index in [1.54, 1.807) is 0 Å². The second-order valence-corrected chi connectivity index (χ2v) is 9.73. The van der Waals surface area contributed by atoms with Crippen molar-refractivity contribution in [3.63, 3.8) is 0 Å². The summed E-state index contributed by atoms with van der Waals surface area (Å²) < 4.78 is 32.0. The molecule has 0 N–H and O–H groups in total. The predicted octanol–water partition coefficient (Wildman–Crippen LogP) is 6.36. The SMILES string of the molecule is c1ccc(COC[C@H]2OC[C@@H](OCc3ccccc3)[C@@H](OCc3ccccc3)C2OCc2ccccc2)cc1. The lowest BCUT2D eigenvalue weighted by molar-refractivity contribution is -0.246. The molecule has 1 heterocycles. The number of hydrogen-bond acceptors (Lipinski definition) is 5. The van der Waals surface area contributed by atoms with Gasteiger partial charge in [-0.05, 0) is 22.3 Å². The van der Waals surface area contributed by atoms with Crippen LogP contribution in [0.2, 0.25) is 0 Å². The minimum atomic E-state index is -0.376. The van der Waals surface area contributed by atoms with E-state index in [2.05, 4.69) is 48.5 Å². The van der Waals surface area contributed by atoms with Gasteiger partial charge < -0.3 is 23.7 Å². The van der Waals surface area contributed by atoms with Gasteiger partial charge >= 0.3 is 0 Å². The number of ether oxygens (including phenoxy) is 5. The summed E-state index contributed by atoms with van der Waals surface area (Å²) in [7, 11) is 0. The van der Waals surface area contributed by atoms with E-state index in [0.717, 1.165) is 22.3 Å². The normalized spacial score (nSPS) is 21.0. The van der Waals surface area contributed by atoms with Crippen LogP contribution in [0.25, 0.3) is 0 Å². The highest BCUT2D eigenvalue weighted by Crippen LogP contribution is 2.27. The predicted molar refractivity (Wildman–Crippen MR) is 151 cm³/mol. The highest BCUT2D eigenvalue weighted by molar-refractivity contribution is 5.16. The first-order valence-corrected chi connectivity index (χ1v) is 13.5. The average molecular weight is 525 g/mol. The van der Waals surface area contributed by atoms with E-state index in [-0.39, 0.29) is 24.4 Å². The molecular weight excluding hydrogens is 488 g/mol. The van der Waals surface area contributed by atoms with Gasteiger partial charge in [0.25, 0.3) is 0 Å². The van der Waals surface area contributed by atoms with Gasteiger partial charge in [0.2, 0.25) is 0 Å². The maximum absolute atomic E-state index is 6.58. The molecule has 0 amide bonds. The van der Waals surface area contributed by atoms with Crippen LogP contribution in [0.5, 0.6) is 0 Å². The molecule has 1 aliphatic rings. The quantitative estimate of drug-likeness (QED) is 0.204. The fourth-order valence-electron chi connectivity index (χ4n) is 4.70. The zero-order valence-electron chi connectivity index (χ0n) is 22.1.